The maximum absolute atomic E-state index is 5.81. The molecular weight excluding hydrogens is 422 g/mol. The molecule has 1 N–H and O–H groups in total. The summed E-state index contributed by atoms with van der Waals surface area (Å²) < 4.78 is 6.34. The minimum absolute atomic E-state index is 0.443. The zero-order valence-electron chi connectivity index (χ0n) is 15.8. The summed E-state index contributed by atoms with van der Waals surface area (Å²) in [6, 6.07) is 16.8. The number of likely N-dealkylation sites (tertiary alicyclic amines) is 1. The third-order valence-electron chi connectivity index (χ3n) is 5.00. The largest absolute Gasteiger partial charge is 0.497 e. The van der Waals surface area contributed by atoms with E-state index in [0.29, 0.717) is 6.04 Å². The smallest absolute Gasteiger partial charge is 0.173 e. The van der Waals surface area contributed by atoms with Crippen LogP contribution in [0.4, 0.5) is 5.69 Å². The van der Waals surface area contributed by atoms with Crippen molar-refractivity contribution in [2.45, 2.75) is 25.4 Å². The predicted octanol–water partition coefficient (Wildman–Crippen LogP) is 4.75. The van der Waals surface area contributed by atoms with Gasteiger partial charge < -0.3 is 19.9 Å². The lowest BCUT2D eigenvalue weighted by atomic mass is 10.0. The number of benzene rings is 2. The molecule has 144 valence electrons. The van der Waals surface area contributed by atoms with E-state index < -0.39 is 0 Å². The van der Waals surface area contributed by atoms with Gasteiger partial charge >= 0.3 is 0 Å². The lowest BCUT2D eigenvalue weighted by molar-refractivity contribution is 0.173. The van der Waals surface area contributed by atoms with E-state index in [-0.39, 0.29) is 0 Å². The number of hydrogen-bond donors (Lipinski definition) is 1. The fraction of sp³-hybridized carbons (Fsp3) is 0.381. The Hall–Kier alpha value is -1.63. The van der Waals surface area contributed by atoms with Crippen LogP contribution in [0.2, 0.25) is 0 Å². The second-order valence-electron chi connectivity index (χ2n) is 6.95. The van der Waals surface area contributed by atoms with Crippen LogP contribution in [0.25, 0.3) is 0 Å². The van der Waals surface area contributed by atoms with Crippen molar-refractivity contribution in [2.75, 3.05) is 32.6 Å². The van der Waals surface area contributed by atoms with Crippen LogP contribution in [0.5, 0.6) is 5.75 Å². The van der Waals surface area contributed by atoms with Crippen LogP contribution in [0.15, 0.2) is 53.0 Å². The first-order valence-electron chi connectivity index (χ1n) is 9.20. The molecule has 1 saturated heterocycles. The van der Waals surface area contributed by atoms with Crippen molar-refractivity contribution >= 4 is 38.9 Å². The normalized spacial score (nSPS) is 15.4. The van der Waals surface area contributed by atoms with Crippen molar-refractivity contribution in [3.8, 4) is 5.75 Å². The zero-order valence-corrected chi connectivity index (χ0v) is 18.2. The molecule has 2 aromatic rings. The minimum Gasteiger partial charge on any atom is -0.497 e. The molecule has 0 aliphatic carbocycles. The molecule has 0 bridgehead atoms. The van der Waals surface area contributed by atoms with Crippen LogP contribution in [0.3, 0.4) is 0 Å². The minimum atomic E-state index is 0.443. The van der Waals surface area contributed by atoms with Crippen molar-refractivity contribution < 1.29 is 4.74 Å². The number of ether oxygens (including phenoxy) is 1. The zero-order chi connectivity index (χ0) is 19.2. The Kier molecular flexibility index (Phi) is 7.10. The van der Waals surface area contributed by atoms with Gasteiger partial charge in [-0.1, -0.05) is 28.1 Å². The molecule has 0 amide bonds. The summed E-state index contributed by atoms with van der Waals surface area (Å²) in [4.78, 5) is 4.72. The van der Waals surface area contributed by atoms with Crippen molar-refractivity contribution in [3.63, 3.8) is 0 Å². The number of thiocarbonyl (C=S) groups is 1. The molecule has 0 spiro atoms. The van der Waals surface area contributed by atoms with E-state index in [1.54, 1.807) is 7.11 Å². The summed E-state index contributed by atoms with van der Waals surface area (Å²) in [6.45, 7) is 3.00. The standard InChI is InChI=1S/C21H26BrN3OS/c1-24-13-11-19(12-14-24)25(15-16-3-9-20(26-2)10-4-16)21(27)23-18-7-5-17(22)6-8-18/h3-10,19H,11-15H2,1-2H3,(H,23,27). The van der Waals surface area contributed by atoms with E-state index in [9.17, 15) is 0 Å². The van der Waals surface area contributed by atoms with Gasteiger partial charge in [-0.05, 0) is 87.2 Å². The molecule has 4 nitrogen and oxygen atoms in total. The third kappa shape index (κ3) is 5.67. The van der Waals surface area contributed by atoms with Gasteiger partial charge in [0.2, 0.25) is 0 Å². The van der Waals surface area contributed by atoms with Crippen LogP contribution >= 0.6 is 28.1 Å². The number of rotatable bonds is 5. The average Bonchev–Trinajstić information content (AvgIpc) is 2.69. The summed E-state index contributed by atoms with van der Waals surface area (Å²) in [5.74, 6) is 0.875. The monoisotopic (exact) mass is 447 g/mol. The van der Waals surface area contributed by atoms with Gasteiger partial charge in [-0.3, -0.25) is 0 Å². The number of methoxy groups -OCH3 is 1. The highest BCUT2D eigenvalue weighted by Gasteiger charge is 2.25. The molecule has 1 aliphatic rings. The Balaban J connectivity index is 1.75. The second-order valence-corrected chi connectivity index (χ2v) is 8.25. The predicted molar refractivity (Wildman–Crippen MR) is 119 cm³/mol. The summed E-state index contributed by atoms with van der Waals surface area (Å²) in [7, 11) is 3.87. The van der Waals surface area contributed by atoms with Gasteiger partial charge in [0.1, 0.15) is 5.75 Å². The van der Waals surface area contributed by atoms with Gasteiger partial charge in [-0.2, -0.15) is 0 Å². The van der Waals surface area contributed by atoms with E-state index >= 15 is 0 Å². The highest BCUT2D eigenvalue weighted by molar-refractivity contribution is 9.10. The summed E-state index contributed by atoms with van der Waals surface area (Å²) in [5.41, 5.74) is 2.24. The molecule has 3 rings (SSSR count). The number of anilines is 1. The van der Waals surface area contributed by atoms with Crippen LogP contribution in [-0.4, -0.2) is 48.2 Å². The molecule has 0 atom stereocenters. The van der Waals surface area contributed by atoms with E-state index in [1.807, 2.05) is 36.4 Å². The SMILES string of the molecule is COc1ccc(CN(C(=S)Nc2ccc(Br)cc2)C2CCN(C)CC2)cc1. The van der Waals surface area contributed by atoms with Crippen molar-refractivity contribution in [2.24, 2.45) is 0 Å². The first kappa shape index (κ1) is 20.1. The maximum Gasteiger partial charge on any atom is 0.173 e. The highest BCUT2D eigenvalue weighted by Crippen LogP contribution is 2.22. The van der Waals surface area contributed by atoms with Crippen LogP contribution < -0.4 is 10.1 Å². The van der Waals surface area contributed by atoms with Gasteiger partial charge in [0.05, 0.1) is 7.11 Å². The lowest BCUT2D eigenvalue weighted by Crippen LogP contribution is -2.47. The van der Waals surface area contributed by atoms with Gasteiger partial charge in [0.15, 0.2) is 5.11 Å². The Bertz CT molecular complexity index is 743. The van der Waals surface area contributed by atoms with Gasteiger partial charge in [-0.15, -0.1) is 0 Å². The number of hydrogen-bond acceptors (Lipinski definition) is 3. The summed E-state index contributed by atoms with van der Waals surface area (Å²) in [6.07, 6.45) is 2.24. The van der Waals surface area contributed by atoms with E-state index in [2.05, 4.69) is 50.2 Å². The molecule has 1 fully saturated rings. The van der Waals surface area contributed by atoms with Crippen LogP contribution in [0.1, 0.15) is 18.4 Å². The summed E-state index contributed by atoms with van der Waals surface area (Å²) in [5, 5.41) is 4.20. The number of halogens is 1. The first-order valence-corrected chi connectivity index (χ1v) is 10.4. The maximum atomic E-state index is 5.81. The number of nitrogens with zero attached hydrogens (tertiary/aromatic N) is 2. The molecule has 2 aromatic carbocycles. The van der Waals surface area contributed by atoms with Crippen molar-refractivity contribution in [3.05, 3.63) is 58.6 Å². The quantitative estimate of drug-likeness (QED) is 0.667. The Morgan fingerprint density at radius 2 is 1.78 bits per heavy atom. The Labute approximate surface area is 175 Å². The van der Waals surface area contributed by atoms with Crippen LogP contribution in [-0.2, 0) is 6.54 Å². The fourth-order valence-electron chi connectivity index (χ4n) is 3.33. The fourth-order valence-corrected chi connectivity index (χ4v) is 3.93. The molecule has 27 heavy (non-hydrogen) atoms. The first-order chi connectivity index (χ1) is 13.0. The molecule has 0 unspecified atom stereocenters. The van der Waals surface area contributed by atoms with E-state index in [1.165, 1.54) is 5.56 Å². The van der Waals surface area contributed by atoms with Crippen molar-refractivity contribution in [1.82, 2.24) is 9.80 Å². The summed E-state index contributed by atoms with van der Waals surface area (Å²) >= 11 is 9.29. The number of piperidine rings is 1. The number of nitrogens with one attached hydrogen (secondary N) is 1. The highest BCUT2D eigenvalue weighted by atomic mass is 79.9. The molecule has 6 heteroatoms. The average molecular weight is 448 g/mol. The Morgan fingerprint density at radius 1 is 1.15 bits per heavy atom. The third-order valence-corrected chi connectivity index (χ3v) is 5.86. The molecule has 1 aliphatic heterocycles. The topological polar surface area (TPSA) is 27.7 Å². The Morgan fingerprint density at radius 3 is 2.37 bits per heavy atom. The molecule has 0 aromatic heterocycles. The van der Waals surface area contributed by atoms with E-state index in [0.717, 1.165) is 53.5 Å². The van der Waals surface area contributed by atoms with Gasteiger partial charge in [0.25, 0.3) is 0 Å². The van der Waals surface area contributed by atoms with Crippen LogP contribution in [0, 0.1) is 0 Å². The van der Waals surface area contributed by atoms with E-state index in [4.69, 9.17) is 17.0 Å². The van der Waals surface area contributed by atoms with Gasteiger partial charge in [0, 0.05) is 22.7 Å². The molecule has 0 saturated carbocycles. The molecule has 0 radical (unpaired) electrons. The van der Waals surface area contributed by atoms with Gasteiger partial charge in [-0.25, -0.2) is 0 Å². The molecular formula is C21H26BrN3OS. The lowest BCUT2D eigenvalue weighted by Gasteiger charge is -2.39. The second kappa shape index (κ2) is 9.53. The van der Waals surface area contributed by atoms with Crippen molar-refractivity contribution in [1.29, 1.82) is 0 Å². The molecule has 1 heterocycles.